The molecule has 5 rings (SSSR count). The van der Waals surface area contributed by atoms with Crippen LogP contribution in [0.4, 0.5) is 0 Å². The number of rotatable bonds is 2. The lowest BCUT2D eigenvalue weighted by Gasteiger charge is -2.05. The molecule has 0 heterocycles. The highest BCUT2D eigenvalue weighted by molar-refractivity contribution is 6.61. The van der Waals surface area contributed by atoms with E-state index in [-0.39, 0.29) is 11.5 Å². The molecule has 0 bridgehead atoms. The summed E-state index contributed by atoms with van der Waals surface area (Å²) >= 11 is 5.94. The lowest BCUT2D eigenvalue weighted by Crippen LogP contribution is -2.22. The molecule has 4 aromatic rings. The van der Waals surface area contributed by atoms with Crippen molar-refractivity contribution in [2.45, 2.75) is 0 Å². The summed E-state index contributed by atoms with van der Waals surface area (Å²) in [6.45, 7) is 0. The maximum atomic E-state index is 13.2. The fourth-order valence-electron chi connectivity index (χ4n) is 3.71. The second-order valence-electron chi connectivity index (χ2n) is 6.62. The number of nitrogens with zero attached hydrogens (tertiary/aromatic N) is 1. The van der Waals surface area contributed by atoms with E-state index in [0.717, 1.165) is 27.1 Å². The van der Waals surface area contributed by atoms with Gasteiger partial charge in [0, 0.05) is 27.1 Å². The van der Waals surface area contributed by atoms with Crippen LogP contribution >= 0.6 is 11.6 Å². The van der Waals surface area contributed by atoms with Gasteiger partial charge >= 0.3 is 0 Å². The SMILES string of the molecule is O=C(N/N=C1/C(=O)c2c3ccccc3cc3cccc1c23)c1cccc(Cl)c1. The lowest BCUT2D eigenvalue weighted by atomic mass is 9.98. The fraction of sp³-hybridized carbons (Fsp3) is 0. The topological polar surface area (TPSA) is 58.5 Å². The number of hydrogen-bond acceptors (Lipinski definition) is 3. The Labute approximate surface area is 165 Å². The van der Waals surface area contributed by atoms with Gasteiger partial charge in [0.05, 0.1) is 0 Å². The largest absolute Gasteiger partial charge is 0.287 e. The molecule has 134 valence electrons. The highest BCUT2D eigenvalue weighted by Crippen LogP contribution is 2.36. The molecule has 4 nitrogen and oxygen atoms in total. The van der Waals surface area contributed by atoms with E-state index < -0.39 is 5.91 Å². The molecule has 1 N–H and O–H groups in total. The minimum Gasteiger partial charge on any atom is -0.287 e. The molecule has 4 aromatic carbocycles. The number of ketones is 1. The quantitative estimate of drug-likeness (QED) is 0.391. The Kier molecular flexibility index (Phi) is 3.74. The normalized spacial score (nSPS) is 14.2. The van der Waals surface area contributed by atoms with Gasteiger partial charge in [0.25, 0.3) is 5.91 Å². The van der Waals surface area contributed by atoms with Crippen molar-refractivity contribution in [3.05, 3.63) is 94.5 Å². The van der Waals surface area contributed by atoms with Crippen molar-refractivity contribution < 1.29 is 9.59 Å². The van der Waals surface area contributed by atoms with Gasteiger partial charge in [-0.1, -0.05) is 60.1 Å². The van der Waals surface area contributed by atoms with Crippen LogP contribution in [-0.4, -0.2) is 17.4 Å². The first-order chi connectivity index (χ1) is 13.6. The van der Waals surface area contributed by atoms with Gasteiger partial charge in [-0.15, -0.1) is 0 Å². The van der Waals surface area contributed by atoms with Crippen LogP contribution in [0.1, 0.15) is 26.3 Å². The maximum absolute atomic E-state index is 13.2. The summed E-state index contributed by atoms with van der Waals surface area (Å²) in [5, 5.41) is 8.38. The first-order valence-corrected chi connectivity index (χ1v) is 9.14. The molecular formula is C23H13ClN2O2. The summed E-state index contributed by atoms with van der Waals surface area (Å²) in [6.07, 6.45) is 0. The van der Waals surface area contributed by atoms with Crippen molar-refractivity contribution in [2.24, 2.45) is 5.10 Å². The van der Waals surface area contributed by atoms with Crippen LogP contribution in [0.5, 0.6) is 0 Å². The highest BCUT2D eigenvalue weighted by Gasteiger charge is 2.31. The van der Waals surface area contributed by atoms with E-state index in [2.05, 4.69) is 16.6 Å². The zero-order valence-corrected chi connectivity index (χ0v) is 15.3. The highest BCUT2D eigenvalue weighted by atomic mass is 35.5. The van der Waals surface area contributed by atoms with Crippen molar-refractivity contribution in [3.8, 4) is 0 Å². The minimum atomic E-state index is -0.421. The molecule has 28 heavy (non-hydrogen) atoms. The molecule has 0 fully saturated rings. The number of benzene rings is 4. The summed E-state index contributed by atoms with van der Waals surface area (Å²) < 4.78 is 0. The Morgan fingerprint density at radius 3 is 2.54 bits per heavy atom. The van der Waals surface area contributed by atoms with Crippen LogP contribution in [0.15, 0.2) is 77.9 Å². The van der Waals surface area contributed by atoms with Gasteiger partial charge in [0.1, 0.15) is 5.71 Å². The average Bonchev–Trinajstić information content (AvgIpc) is 3.00. The molecule has 0 atom stereocenters. The molecule has 0 saturated carbocycles. The standard InChI is InChI=1S/C23H13ClN2O2/c24-16-8-3-7-15(12-16)23(28)26-25-21-18-10-4-6-14-11-13-5-1-2-9-17(13)20(19(14)18)22(21)27/h1-12H,(H,26,28)/b25-21+. The van der Waals surface area contributed by atoms with E-state index in [1.807, 2.05) is 42.5 Å². The number of halogens is 1. The zero-order chi connectivity index (χ0) is 19.3. The van der Waals surface area contributed by atoms with Crippen molar-refractivity contribution in [2.75, 3.05) is 0 Å². The second kappa shape index (κ2) is 6.29. The molecule has 5 heteroatoms. The molecule has 1 aliphatic carbocycles. The Hall–Kier alpha value is -3.50. The van der Waals surface area contributed by atoms with Crippen LogP contribution in [-0.2, 0) is 0 Å². The molecule has 1 aliphatic rings. The number of fused-ring (bicyclic) bond motifs is 2. The van der Waals surface area contributed by atoms with E-state index in [1.165, 1.54) is 0 Å². The summed E-state index contributed by atoms with van der Waals surface area (Å²) in [4.78, 5) is 25.6. The van der Waals surface area contributed by atoms with Crippen molar-refractivity contribution in [1.82, 2.24) is 5.43 Å². The Morgan fingerprint density at radius 1 is 0.893 bits per heavy atom. The molecular weight excluding hydrogens is 372 g/mol. The first-order valence-electron chi connectivity index (χ1n) is 8.76. The van der Waals surface area contributed by atoms with Crippen LogP contribution in [0.3, 0.4) is 0 Å². The van der Waals surface area contributed by atoms with Crippen molar-refractivity contribution >= 4 is 50.5 Å². The number of carbonyl (C=O) groups is 2. The van der Waals surface area contributed by atoms with E-state index in [1.54, 1.807) is 24.3 Å². The average molecular weight is 385 g/mol. The number of hydrogen-bond donors (Lipinski definition) is 1. The minimum absolute atomic E-state index is 0.186. The number of Topliss-reactive ketones (excluding diaryl/α,β-unsaturated/α-hetero) is 1. The molecule has 1 amide bonds. The lowest BCUT2D eigenvalue weighted by molar-refractivity contribution is 0.0955. The summed E-state index contributed by atoms with van der Waals surface area (Å²) in [6, 6.07) is 22.2. The first kappa shape index (κ1) is 16.7. The van der Waals surface area contributed by atoms with Crippen molar-refractivity contribution in [3.63, 3.8) is 0 Å². The predicted molar refractivity (Wildman–Crippen MR) is 111 cm³/mol. The van der Waals surface area contributed by atoms with Crippen LogP contribution < -0.4 is 5.43 Å². The molecule has 0 unspecified atom stereocenters. The van der Waals surface area contributed by atoms with Gasteiger partial charge in [0.2, 0.25) is 5.78 Å². The Bertz CT molecular complexity index is 1340. The van der Waals surface area contributed by atoms with Crippen molar-refractivity contribution in [1.29, 1.82) is 0 Å². The monoisotopic (exact) mass is 384 g/mol. The zero-order valence-electron chi connectivity index (χ0n) is 14.6. The Balaban J connectivity index is 1.62. The smallest absolute Gasteiger partial charge is 0.271 e. The number of carbonyl (C=O) groups excluding carboxylic acids is 2. The van der Waals surface area contributed by atoms with Gasteiger partial charge in [-0.3, -0.25) is 9.59 Å². The molecule has 0 radical (unpaired) electrons. The van der Waals surface area contributed by atoms with Gasteiger partial charge in [-0.25, -0.2) is 5.43 Å². The molecule has 0 aromatic heterocycles. The third-order valence-electron chi connectivity index (χ3n) is 4.94. The van der Waals surface area contributed by atoms with Crippen LogP contribution in [0.2, 0.25) is 5.02 Å². The molecule has 0 aliphatic heterocycles. The van der Waals surface area contributed by atoms with E-state index in [9.17, 15) is 9.59 Å². The third kappa shape index (κ3) is 2.50. The molecule has 0 saturated heterocycles. The van der Waals surface area contributed by atoms with Crippen LogP contribution in [0.25, 0.3) is 21.5 Å². The van der Waals surface area contributed by atoms with E-state index in [4.69, 9.17) is 11.6 Å². The number of hydrazone groups is 1. The van der Waals surface area contributed by atoms with E-state index in [0.29, 0.717) is 16.1 Å². The van der Waals surface area contributed by atoms with Gasteiger partial charge in [-0.05, 0) is 40.4 Å². The summed E-state index contributed by atoms with van der Waals surface area (Å²) in [5.41, 5.74) is 4.48. The van der Waals surface area contributed by atoms with E-state index >= 15 is 0 Å². The number of amides is 1. The summed E-state index contributed by atoms with van der Waals surface area (Å²) in [5.74, 6) is -0.606. The maximum Gasteiger partial charge on any atom is 0.271 e. The number of nitrogens with one attached hydrogen (secondary N) is 1. The van der Waals surface area contributed by atoms with Crippen LogP contribution in [0, 0.1) is 0 Å². The predicted octanol–water partition coefficient (Wildman–Crippen LogP) is 4.98. The fourth-order valence-corrected chi connectivity index (χ4v) is 3.90. The Morgan fingerprint density at radius 2 is 1.68 bits per heavy atom. The van der Waals surface area contributed by atoms with Gasteiger partial charge in [0.15, 0.2) is 0 Å². The third-order valence-corrected chi connectivity index (χ3v) is 5.18. The van der Waals surface area contributed by atoms with Gasteiger partial charge in [-0.2, -0.15) is 5.10 Å². The molecule has 0 spiro atoms. The summed E-state index contributed by atoms with van der Waals surface area (Å²) in [7, 11) is 0. The second-order valence-corrected chi connectivity index (χ2v) is 7.05. The van der Waals surface area contributed by atoms with Gasteiger partial charge < -0.3 is 0 Å².